The Morgan fingerprint density at radius 3 is 2.52 bits per heavy atom. The van der Waals surface area contributed by atoms with Crippen molar-refractivity contribution in [1.29, 1.82) is 0 Å². The van der Waals surface area contributed by atoms with Crippen molar-refractivity contribution in [3.63, 3.8) is 0 Å². The van der Waals surface area contributed by atoms with Gasteiger partial charge in [0, 0.05) is 0 Å². The number of esters is 1. The van der Waals surface area contributed by atoms with Crippen LogP contribution in [0.2, 0.25) is 0 Å². The monoisotopic (exact) mass is 346 g/mol. The molecule has 0 saturated carbocycles. The molecule has 1 aromatic heterocycles. The van der Waals surface area contributed by atoms with Crippen LogP contribution in [0.1, 0.15) is 20.8 Å². The van der Waals surface area contributed by atoms with E-state index in [1.54, 1.807) is 20.8 Å². The third-order valence-electron chi connectivity index (χ3n) is 2.71. The molecule has 1 amide bonds. The highest BCUT2D eigenvalue weighted by Crippen LogP contribution is 2.30. The van der Waals surface area contributed by atoms with E-state index in [2.05, 4.69) is 10.3 Å². The number of hydrogen-bond acceptors (Lipinski definition) is 5. The number of aromatic nitrogens is 1. The van der Waals surface area contributed by atoms with Gasteiger partial charge in [0.2, 0.25) is 0 Å². The zero-order valence-electron chi connectivity index (χ0n) is 12.5. The van der Waals surface area contributed by atoms with Gasteiger partial charge in [0.15, 0.2) is 29.2 Å². The summed E-state index contributed by atoms with van der Waals surface area (Å²) >= 11 is 0.772. The number of carbonyl (C=O) groups excluding carboxylic acids is 2. The fourth-order valence-corrected chi connectivity index (χ4v) is 2.44. The molecule has 0 bridgehead atoms. The van der Waals surface area contributed by atoms with Gasteiger partial charge in [-0.3, -0.25) is 14.9 Å². The predicted octanol–water partition coefficient (Wildman–Crippen LogP) is 3.24. The van der Waals surface area contributed by atoms with Crippen LogP contribution in [0, 0.1) is 22.9 Å². The van der Waals surface area contributed by atoms with E-state index in [9.17, 15) is 22.8 Å². The fraction of sp³-hybridized carbons (Fsp3) is 0.357. The minimum absolute atomic E-state index is 0.0448. The van der Waals surface area contributed by atoms with E-state index in [4.69, 9.17) is 4.74 Å². The van der Waals surface area contributed by atoms with E-state index in [1.807, 2.05) is 0 Å². The molecule has 0 aliphatic rings. The first-order chi connectivity index (χ1) is 10.6. The number of fused-ring (bicyclic) bond motifs is 1. The maximum atomic E-state index is 13.5. The second-order valence-corrected chi connectivity index (χ2v) is 6.76. The second-order valence-electron chi connectivity index (χ2n) is 5.73. The van der Waals surface area contributed by atoms with E-state index in [1.165, 1.54) is 0 Å². The molecule has 0 unspecified atom stereocenters. The van der Waals surface area contributed by atoms with Gasteiger partial charge in [0.1, 0.15) is 5.52 Å². The van der Waals surface area contributed by atoms with Crippen LogP contribution < -0.4 is 5.32 Å². The van der Waals surface area contributed by atoms with Crippen molar-refractivity contribution < 1.29 is 27.5 Å². The molecule has 1 N–H and O–H groups in total. The van der Waals surface area contributed by atoms with Crippen LogP contribution in [0.4, 0.5) is 18.3 Å². The average molecular weight is 346 g/mol. The zero-order valence-corrected chi connectivity index (χ0v) is 13.3. The topological polar surface area (TPSA) is 68.3 Å². The lowest BCUT2D eigenvalue weighted by Crippen LogP contribution is -2.27. The summed E-state index contributed by atoms with van der Waals surface area (Å²) in [5.41, 5.74) is -1.13. The van der Waals surface area contributed by atoms with E-state index in [0.717, 1.165) is 17.4 Å². The van der Waals surface area contributed by atoms with Crippen molar-refractivity contribution in [1.82, 2.24) is 4.98 Å². The first-order valence-corrected chi connectivity index (χ1v) is 7.32. The Morgan fingerprint density at radius 1 is 1.26 bits per heavy atom. The lowest BCUT2D eigenvalue weighted by molar-refractivity contribution is -0.155. The van der Waals surface area contributed by atoms with E-state index in [-0.39, 0.29) is 15.3 Å². The molecular weight excluding hydrogens is 333 g/mol. The van der Waals surface area contributed by atoms with Crippen molar-refractivity contribution >= 4 is 38.6 Å². The molecular formula is C14H13F3N2O3S. The number of thiazole rings is 1. The number of amides is 1. The molecule has 23 heavy (non-hydrogen) atoms. The Labute approximate surface area is 133 Å². The summed E-state index contributed by atoms with van der Waals surface area (Å²) in [6.45, 7) is 4.35. The number of carbonyl (C=O) groups is 2. The van der Waals surface area contributed by atoms with Gasteiger partial charge in [-0.05, 0) is 26.8 Å². The Kier molecular flexibility index (Phi) is 4.60. The average Bonchev–Trinajstić information content (AvgIpc) is 2.83. The molecule has 5 nitrogen and oxygen atoms in total. The summed E-state index contributed by atoms with van der Waals surface area (Å²) in [6, 6.07) is 0.792. The van der Waals surface area contributed by atoms with E-state index < -0.39 is 41.4 Å². The molecule has 0 aliphatic carbocycles. The lowest BCUT2D eigenvalue weighted by atomic mass is 9.97. The first-order valence-electron chi connectivity index (χ1n) is 6.50. The third kappa shape index (κ3) is 3.79. The molecule has 2 aromatic rings. The summed E-state index contributed by atoms with van der Waals surface area (Å²) < 4.78 is 44.6. The van der Waals surface area contributed by atoms with Gasteiger partial charge in [0.05, 0.1) is 10.1 Å². The predicted molar refractivity (Wildman–Crippen MR) is 78.5 cm³/mol. The molecule has 0 spiro atoms. The number of halogens is 3. The normalized spacial score (nSPS) is 11.6. The summed E-state index contributed by atoms with van der Waals surface area (Å²) in [7, 11) is 0. The van der Waals surface area contributed by atoms with Crippen LogP contribution in [0.15, 0.2) is 6.07 Å². The Morgan fingerprint density at radius 2 is 1.91 bits per heavy atom. The van der Waals surface area contributed by atoms with Crippen LogP contribution in [0.3, 0.4) is 0 Å². The molecule has 0 atom stereocenters. The standard InChI is InChI=1S/C14H13F3N2O3S/c1-14(2,3)12(21)22-5-8(20)18-13-19-11-7(23-13)4-6(15)9(16)10(11)17/h4H,5H2,1-3H3,(H,18,19,20). The maximum Gasteiger partial charge on any atom is 0.311 e. The van der Waals surface area contributed by atoms with E-state index in [0.29, 0.717) is 0 Å². The van der Waals surface area contributed by atoms with Crippen LogP contribution in [0.25, 0.3) is 10.2 Å². The minimum atomic E-state index is -1.63. The van der Waals surface area contributed by atoms with Gasteiger partial charge in [-0.25, -0.2) is 18.2 Å². The van der Waals surface area contributed by atoms with Crippen molar-refractivity contribution in [3.05, 3.63) is 23.5 Å². The second kappa shape index (κ2) is 6.15. The van der Waals surface area contributed by atoms with Crippen molar-refractivity contribution in [2.45, 2.75) is 20.8 Å². The molecule has 0 aliphatic heterocycles. The molecule has 1 aromatic carbocycles. The molecule has 0 radical (unpaired) electrons. The first kappa shape index (κ1) is 17.2. The van der Waals surface area contributed by atoms with Gasteiger partial charge >= 0.3 is 5.97 Å². The Balaban J connectivity index is 2.09. The smallest absolute Gasteiger partial charge is 0.311 e. The van der Waals surface area contributed by atoms with Crippen LogP contribution in [-0.2, 0) is 14.3 Å². The number of nitrogens with zero attached hydrogens (tertiary/aromatic N) is 1. The summed E-state index contributed by atoms with van der Waals surface area (Å²) in [6.07, 6.45) is 0. The number of benzene rings is 1. The van der Waals surface area contributed by atoms with Gasteiger partial charge in [-0.1, -0.05) is 11.3 Å². The molecule has 0 fully saturated rings. The SMILES string of the molecule is CC(C)(C)C(=O)OCC(=O)Nc1nc2c(F)c(F)c(F)cc2s1. The highest BCUT2D eigenvalue weighted by Gasteiger charge is 2.24. The molecule has 2 rings (SSSR count). The largest absolute Gasteiger partial charge is 0.455 e. The lowest BCUT2D eigenvalue weighted by Gasteiger charge is -2.15. The van der Waals surface area contributed by atoms with Gasteiger partial charge in [0.25, 0.3) is 5.91 Å². The summed E-state index contributed by atoms with van der Waals surface area (Å²) in [5.74, 6) is -5.64. The molecule has 1 heterocycles. The van der Waals surface area contributed by atoms with Gasteiger partial charge < -0.3 is 4.74 Å². The van der Waals surface area contributed by atoms with Gasteiger partial charge in [-0.2, -0.15) is 0 Å². The van der Waals surface area contributed by atoms with Crippen molar-refractivity contribution in [2.75, 3.05) is 11.9 Å². The number of ether oxygens (including phenoxy) is 1. The fourth-order valence-electron chi connectivity index (χ4n) is 1.53. The molecule has 124 valence electrons. The number of rotatable bonds is 3. The minimum Gasteiger partial charge on any atom is -0.455 e. The van der Waals surface area contributed by atoms with Crippen molar-refractivity contribution in [3.8, 4) is 0 Å². The Bertz CT molecular complexity index is 784. The van der Waals surface area contributed by atoms with Crippen LogP contribution >= 0.6 is 11.3 Å². The number of hydrogen-bond donors (Lipinski definition) is 1. The molecule has 9 heteroatoms. The summed E-state index contributed by atoms with van der Waals surface area (Å²) in [5, 5.41) is 2.23. The number of anilines is 1. The Hall–Kier alpha value is -2.16. The highest BCUT2D eigenvalue weighted by atomic mass is 32.1. The van der Waals surface area contributed by atoms with Gasteiger partial charge in [-0.15, -0.1) is 0 Å². The van der Waals surface area contributed by atoms with Crippen LogP contribution in [-0.4, -0.2) is 23.5 Å². The summed E-state index contributed by atoms with van der Waals surface area (Å²) in [4.78, 5) is 26.9. The van der Waals surface area contributed by atoms with Crippen molar-refractivity contribution in [2.24, 2.45) is 5.41 Å². The molecule has 0 saturated heterocycles. The third-order valence-corrected chi connectivity index (χ3v) is 3.63. The van der Waals surface area contributed by atoms with Crippen LogP contribution in [0.5, 0.6) is 0 Å². The highest BCUT2D eigenvalue weighted by molar-refractivity contribution is 7.22. The quantitative estimate of drug-likeness (QED) is 0.684. The van der Waals surface area contributed by atoms with E-state index >= 15 is 0 Å². The zero-order chi connectivity index (χ0) is 17.4. The number of nitrogens with one attached hydrogen (secondary N) is 1. The maximum absolute atomic E-state index is 13.5.